The lowest BCUT2D eigenvalue weighted by atomic mass is 10.1. The van der Waals surface area contributed by atoms with Gasteiger partial charge in [-0.15, -0.1) is 0 Å². The predicted octanol–water partition coefficient (Wildman–Crippen LogP) is 3.62. The number of thioether (sulfide) groups is 1. The fourth-order valence-corrected chi connectivity index (χ4v) is 2.80. The van der Waals surface area contributed by atoms with E-state index >= 15 is 0 Å². The van der Waals surface area contributed by atoms with E-state index in [1.54, 1.807) is 23.9 Å². The molecule has 1 rings (SSSR count). The van der Waals surface area contributed by atoms with E-state index in [4.69, 9.17) is 9.84 Å². The van der Waals surface area contributed by atoms with Gasteiger partial charge in [-0.3, -0.25) is 9.59 Å². The minimum Gasteiger partial charge on any atom is -0.494 e. The molecule has 1 atom stereocenters. The zero-order valence-corrected chi connectivity index (χ0v) is 15.9. The molecule has 1 unspecified atom stereocenters. The van der Waals surface area contributed by atoms with E-state index < -0.39 is 12.0 Å². The largest absolute Gasteiger partial charge is 0.494 e. The van der Waals surface area contributed by atoms with Crippen LogP contribution in [0.15, 0.2) is 24.3 Å². The molecule has 0 heterocycles. The molecule has 140 valence electrons. The Labute approximate surface area is 154 Å². The highest BCUT2D eigenvalue weighted by atomic mass is 32.2. The van der Waals surface area contributed by atoms with Crippen molar-refractivity contribution in [1.29, 1.82) is 0 Å². The summed E-state index contributed by atoms with van der Waals surface area (Å²) >= 11 is 1.61. The Morgan fingerprint density at radius 2 is 1.96 bits per heavy atom. The number of nitrogens with one attached hydrogen (secondary N) is 1. The second-order valence-electron chi connectivity index (χ2n) is 5.88. The number of carboxylic acid groups (broad SMARTS) is 1. The number of aliphatic carboxylic acids is 1. The monoisotopic (exact) mass is 367 g/mol. The molecule has 25 heavy (non-hydrogen) atoms. The summed E-state index contributed by atoms with van der Waals surface area (Å²) in [5, 5.41) is 12.1. The number of carbonyl (C=O) groups excluding carboxylic acids is 1. The summed E-state index contributed by atoms with van der Waals surface area (Å²) in [4.78, 5) is 23.3. The highest BCUT2D eigenvalue weighted by Gasteiger charge is 2.16. The van der Waals surface area contributed by atoms with Crippen LogP contribution in [0.3, 0.4) is 0 Å². The van der Waals surface area contributed by atoms with Crippen LogP contribution >= 0.6 is 11.8 Å². The fraction of sp³-hybridized carbons (Fsp3) is 0.579. The molecule has 0 aromatic heterocycles. The minimum absolute atomic E-state index is 0.000890. The zero-order chi connectivity index (χ0) is 18.5. The number of hydrogen-bond acceptors (Lipinski definition) is 5. The van der Waals surface area contributed by atoms with Gasteiger partial charge in [0.25, 0.3) is 0 Å². The van der Waals surface area contributed by atoms with Crippen LogP contribution in [0.5, 0.6) is 5.75 Å². The van der Waals surface area contributed by atoms with Gasteiger partial charge in [0.1, 0.15) is 11.8 Å². The number of carboxylic acids is 1. The SMILES string of the molecule is CCCCCOc1ccc(C(=O)CCNC(CCSC)C(=O)O)cc1. The van der Waals surface area contributed by atoms with E-state index in [0.717, 1.165) is 30.8 Å². The number of hydrogen-bond donors (Lipinski definition) is 2. The first kappa shape index (κ1) is 21.5. The molecule has 0 saturated carbocycles. The molecule has 0 aliphatic heterocycles. The van der Waals surface area contributed by atoms with Gasteiger partial charge in [-0.25, -0.2) is 0 Å². The topological polar surface area (TPSA) is 75.6 Å². The average molecular weight is 368 g/mol. The van der Waals surface area contributed by atoms with Gasteiger partial charge in [0.05, 0.1) is 6.61 Å². The minimum atomic E-state index is -0.869. The van der Waals surface area contributed by atoms with Crippen LogP contribution in [-0.2, 0) is 4.79 Å². The van der Waals surface area contributed by atoms with Crippen molar-refractivity contribution in [3.8, 4) is 5.75 Å². The highest BCUT2D eigenvalue weighted by molar-refractivity contribution is 7.98. The maximum atomic E-state index is 12.2. The fourth-order valence-electron chi connectivity index (χ4n) is 2.33. The third-order valence-electron chi connectivity index (χ3n) is 3.84. The van der Waals surface area contributed by atoms with Crippen molar-refractivity contribution in [2.24, 2.45) is 0 Å². The predicted molar refractivity (Wildman–Crippen MR) is 103 cm³/mol. The number of rotatable bonds is 14. The van der Waals surface area contributed by atoms with Crippen molar-refractivity contribution in [3.63, 3.8) is 0 Å². The Morgan fingerprint density at radius 1 is 1.24 bits per heavy atom. The first-order chi connectivity index (χ1) is 12.1. The number of benzene rings is 1. The standard InChI is InChI=1S/C19H29NO4S/c1-3-4-5-13-24-16-8-6-15(7-9-16)18(21)10-12-20-17(19(22)23)11-14-25-2/h6-9,17,20H,3-5,10-14H2,1-2H3,(H,22,23). The number of carbonyl (C=O) groups is 2. The van der Waals surface area contributed by atoms with Crippen LogP contribution in [0.25, 0.3) is 0 Å². The normalized spacial score (nSPS) is 11.9. The summed E-state index contributed by atoms with van der Waals surface area (Å²) < 4.78 is 5.63. The molecule has 0 bridgehead atoms. The molecule has 6 heteroatoms. The maximum Gasteiger partial charge on any atom is 0.320 e. The Kier molecular flexibility index (Phi) is 11.0. The van der Waals surface area contributed by atoms with Crippen LogP contribution < -0.4 is 10.1 Å². The summed E-state index contributed by atoms with van der Waals surface area (Å²) in [6, 6.07) is 6.55. The Balaban J connectivity index is 2.37. The molecule has 5 nitrogen and oxygen atoms in total. The lowest BCUT2D eigenvalue weighted by Gasteiger charge is -2.13. The van der Waals surface area contributed by atoms with Crippen LogP contribution in [0.4, 0.5) is 0 Å². The van der Waals surface area contributed by atoms with E-state index in [1.807, 2.05) is 18.4 Å². The summed E-state index contributed by atoms with van der Waals surface area (Å²) in [5.74, 6) is 0.677. The van der Waals surface area contributed by atoms with Crippen LogP contribution in [0.1, 0.15) is 49.4 Å². The molecule has 0 aliphatic rings. The van der Waals surface area contributed by atoms with Crippen molar-refractivity contribution in [1.82, 2.24) is 5.32 Å². The quantitative estimate of drug-likeness (QED) is 0.386. The van der Waals surface area contributed by atoms with Crippen molar-refractivity contribution in [3.05, 3.63) is 29.8 Å². The van der Waals surface area contributed by atoms with Crippen molar-refractivity contribution in [2.75, 3.05) is 25.2 Å². The van der Waals surface area contributed by atoms with Gasteiger partial charge in [0, 0.05) is 18.5 Å². The summed E-state index contributed by atoms with van der Waals surface area (Å²) in [7, 11) is 0. The summed E-state index contributed by atoms with van der Waals surface area (Å²) in [5.41, 5.74) is 0.624. The lowest BCUT2D eigenvalue weighted by molar-refractivity contribution is -0.139. The van der Waals surface area contributed by atoms with Gasteiger partial charge < -0.3 is 15.2 Å². The second kappa shape index (κ2) is 12.8. The first-order valence-electron chi connectivity index (χ1n) is 8.79. The third-order valence-corrected chi connectivity index (χ3v) is 4.49. The number of ketones is 1. The summed E-state index contributed by atoms with van der Waals surface area (Å²) in [6.45, 7) is 3.20. The molecule has 2 N–H and O–H groups in total. The third kappa shape index (κ3) is 8.93. The van der Waals surface area contributed by atoms with E-state index in [2.05, 4.69) is 12.2 Å². The van der Waals surface area contributed by atoms with Gasteiger partial charge in [-0.1, -0.05) is 19.8 Å². The Bertz CT molecular complexity index is 519. The molecule has 0 fully saturated rings. The van der Waals surface area contributed by atoms with Gasteiger partial charge in [0.15, 0.2) is 5.78 Å². The smallest absolute Gasteiger partial charge is 0.320 e. The summed E-state index contributed by atoms with van der Waals surface area (Å²) in [6.07, 6.45) is 6.11. The van der Waals surface area contributed by atoms with Gasteiger partial charge >= 0.3 is 5.97 Å². The van der Waals surface area contributed by atoms with Crippen LogP contribution in [0, 0.1) is 0 Å². The van der Waals surface area contributed by atoms with Crippen molar-refractivity contribution < 1.29 is 19.4 Å². The van der Waals surface area contributed by atoms with Crippen molar-refractivity contribution in [2.45, 2.75) is 45.1 Å². The molecule has 0 saturated heterocycles. The number of unbranched alkanes of at least 4 members (excludes halogenated alkanes) is 2. The molecular weight excluding hydrogens is 338 g/mol. The molecule has 1 aromatic rings. The molecule has 0 spiro atoms. The molecule has 1 aromatic carbocycles. The first-order valence-corrected chi connectivity index (χ1v) is 10.2. The number of Topliss-reactive ketones (excluding diaryl/α,β-unsaturated/α-hetero) is 1. The van der Waals surface area contributed by atoms with E-state index in [0.29, 0.717) is 25.1 Å². The van der Waals surface area contributed by atoms with Gasteiger partial charge in [0.2, 0.25) is 0 Å². The van der Waals surface area contributed by atoms with Gasteiger partial charge in [-0.05, 0) is 49.1 Å². The maximum absolute atomic E-state index is 12.2. The lowest BCUT2D eigenvalue weighted by Crippen LogP contribution is -2.38. The van der Waals surface area contributed by atoms with Crippen LogP contribution in [-0.4, -0.2) is 48.1 Å². The van der Waals surface area contributed by atoms with E-state index in [-0.39, 0.29) is 12.2 Å². The molecular formula is C19H29NO4S. The average Bonchev–Trinajstić information content (AvgIpc) is 2.61. The highest BCUT2D eigenvalue weighted by Crippen LogP contribution is 2.14. The molecule has 0 aliphatic carbocycles. The second-order valence-corrected chi connectivity index (χ2v) is 6.87. The van der Waals surface area contributed by atoms with E-state index in [9.17, 15) is 9.59 Å². The Morgan fingerprint density at radius 3 is 2.56 bits per heavy atom. The van der Waals surface area contributed by atoms with Gasteiger partial charge in [-0.2, -0.15) is 11.8 Å². The van der Waals surface area contributed by atoms with E-state index in [1.165, 1.54) is 0 Å². The Hall–Kier alpha value is -1.53. The molecule has 0 radical (unpaired) electrons. The van der Waals surface area contributed by atoms with Crippen molar-refractivity contribution >= 4 is 23.5 Å². The van der Waals surface area contributed by atoms with Crippen LogP contribution in [0.2, 0.25) is 0 Å². The molecule has 0 amide bonds. The number of ether oxygens (including phenoxy) is 1. The zero-order valence-electron chi connectivity index (χ0n) is 15.1.